The van der Waals surface area contributed by atoms with Crippen molar-refractivity contribution in [3.05, 3.63) is 38.4 Å². The van der Waals surface area contributed by atoms with Gasteiger partial charge in [-0.05, 0) is 104 Å². The number of ether oxygens (including phenoxy) is 1. The lowest BCUT2D eigenvalue weighted by molar-refractivity contribution is -0.0408. The highest BCUT2D eigenvalue weighted by Crippen LogP contribution is 2.68. The van der Waals surface area contributed by atoms with Gasteiger partial charge in [0.2, 0.25) is 5.43 Å². The summed E-state index contributed by atoms with van der Waals surface area (Å²) in [5.41, 5.74) is 8.67. The van der Waals surface area contributed by atoms with Crippen LogP contribution in [-0.2, 0) is 4.74 Å². The van der Waals surface area contributed by atoms with Gasteiger partial charge in [0.15, 0.2) is 0 Å². The molecule has 0 spiro atoms. The molecule has 2 aromatic rings. The molecule has 7 atom stereocenters. The molecule has 0 saturated heterocycles. The molecule has 0 bridgehead atoms. The first-order valence-corrected chi connectivity index (χ1v) is 14.5. The van der Waals surface area contributed by atoms with Gasteiger partial charge in [0.1, 0.15) is 16.2 Å². The molecule has 194 valence electrons. The van der Waals surface area contributed by atoms with Crippen molar-refractivity contribution >= 4 is 33.3 Å². The molecule has 4 N–H and O–H groups in total. The Bertz CT molecular complexity index is 1310. The van der Waals surface area contributed by atoms with Crippen LogP contribution in [0.15, 0.2) is 21.8 Å². The third-order valence-electron chi connectivity index (χ3n) is 10.7. The van der Waals surface area contributed by atoms with Crippen molar-refractivity contribution < 1.29 is 14.6 Å². The average molecular weight is 511 g/mol. The summed E-state index contributed by atoms with van der Waals surface area (Å²) in [6.07, 6.45) is 10.9. The molecule has 0 amide bonds. The summed E-state index contributed by atoms with van der Waals surface area (Å²) in [5.74, 6) is 1.69. The number of carbonyl (C=O) groups excluding carboxylic acids is 1. The number of nitrogens with one attached hydrogen (secondary N) is 1. The number of aliphatic hydroxyl groups is 1. The number of anilines is 1. The van der Waals surface area contributed by atoms with Crippen molar-refractivity contribution in [1.82, 2.24) is 4.98 Å². The van der Waals surface area contributed by atoms with Crippen molar-refractivity contribution in [2.24, 2.45) is 28.6 Å². The molecule has 2 aromatic heterocycles. The topological polar surface area (TPSA) is 105 Å². The first kappa shape index (κ1) is 24.2. The Balaban J connectivity index is 1.38. The summed E-state index contributed by atoms with van der Waals surface area (Å²) in [6, 6.07) is 0. The van der Waals surface area contributed by atoms with Crippen molar-refractivity contribution in [2.75, 3.05) is 12.3 Å². The fourth-order valence-electron chi connectivity index (χ4n) is 8.94. The Labute approximate surface area is 216 Å². The second-order valence-corrected chi connectivity index (χ2v) is 13.1. The molecule has 36 heavy (non-hydrogen) atoms. The van der Waals surface area contributed by atoms with Crippen LogP contribution in [-0.4, -0.2) is 28.8 Å². The quantitative estimate of drug-likeness (QED) is 0.360. The van der Waals surface area contributed by atoms with Crippen LogP contribution >= 0.6 is 11.3 Å². The summed E-state index contributed by atoms with van der Waals surface area (Å²) >= 11 is 1.52. The lowest BCUT2D eigenvalue weighted by atomic mass is 9.47. The van der Waals surface area contributed by atoms with Gasteiger partial charge in [0.05, 0.1) is 18.1 Å². The van der Waals surface area contributed by atoms with Gasteiger partial charge in [0.25, 0.3) is 0 Å². The van der Waals surface area contributed by atoms with E-state index < -0.39 is 5.97 Å². The SMILES string of the molecule is CCOC(=O)c1c(N)[nH]c2scc(C3CC[C@H]4[C@@H]5CC=C6C[C@@H](O)CC[C@]6(C)[C@H]5CC[C@]34C)c2c1=O. The summed E-state index contributed by atoms with van der Waals surface area (Å²) in [7, 11) is 0. The average Bonchev–Trinajstić information content (AvgIpc) is 3.40. The van der Waals surface area contributed by atoms with Crippen molar-refractivity contribution in [1.29, 1.82) is 0 Å². The number of rotatable bonds is 3. The Morgan fingerprint density at radius 2 is 2.03 bits per heavy atom. The standard InChI is InChI=1S/C29H38N2O4S/c1-4-35-27(34)23-24(33)22-18(14-36-26(22)31-25(23)30)20-8-7-19-17-6-5-15-13-16(32)9-11-28(15,2)21(17)10-12-29(19,20)3/h5,14,16-17,19-21,32H,4,6-13H2,1-3H3,(H3,30,31,33)/t16-,17-,19-,20?,21-,28-,29-/m0/s1. The zero-order valence-electron chi connectivity index (χ0n) is 21.6. The van der Waals surface area contributed by atoms with E-state index in [9.17, 15) is 14.7 Å². The molecule has 1 unspecified atom stereocenters. The number of esters is 1. The number of carbonyl (C=O) groups is 1. The number of hydrogen-bond acceptors (Lipinski definition) is 6. The molecule has 7 heteroatoms. The molecule has 2 heterocycles. The molecular weight excluding hydrogens is 472 g/mol. The predicted octanol–water partition coefficient (Wildman–Crippen LogP) is 5.76. The maximum absolute atomic E-state index is 13.6. The number of allylic oxidation sites excluding steroid dienone is 1. The van der Waals surface area contributed by atoms with Gasteiger partial charge in [-0.1, -0.05) is 25.5 Å². The Kier molecular flexibility index (Phi) is 5.69. The molecular formula is C29H38N2O4S. The molecule has 0 aliphatic heterocycles. The number of aromatic amines is 1. The minimum atomic E-state index is -0.651. The van der Waals surface area contributed by atoms with E-state index in [1.54, 1.807) is 6.92 Å². The Morgan fingerprint density at radius 1 is 1.22 bits per heavy atom. The molecule has 3 fully saturated rings. The van der Waals surface area contributed by atoms with E-state index >= 15 is 0 Å². The number of pyridine rings is 1. The van der Waals surface area contributed by atoms with Crippen LogP contribution < -0.4 is 11.2 Å². The van der Waals surface area contributed by atoms with Crippen LogP contribution in [0, 0.1) is 28.6 Å². The van der Waals surface area contributed by atoms with Crippen molar-refractivity contribution in [3.8, 4) is 0 Å². The fraction of sp³-hybridized carbons (Fsp3) is 0.655. The zero-order chi connectivity index (χ0) is 25.4. The van der Waals surface area contributed by atoms with Crippen LogP contribution in [0.1, 0.15) is 94.0 Å². The van der Waals surface area contributed by atoms with Crippen LogP contribution in [0.3, 0.4) is 0 Å². The number of fused-ring (bicyclic) bond motifs is 6. The van der Waals surface area contributed by atoms with Crippen LogP contribution in [0.25, 0.3) is 10.2 Å². The highest BCUT2D eigenvalue weighted by molar-refractivity contribution is 7.17. The first-order chi connectivity index (χ1) is 17.2. The molecule has 6 nitrogen and oxygen atoms in total. The van der Waals surface area contributed by atoms with Gasteiger partial charge in [-0.2, -0.15) is 0 Å². The maximum atomic E-state index is 13.6. The van der Waals surface area contributed by atoms with E-state index in [0.29, 0.717) is 29.1 Å². The van der Waals surface area contributed by atoms with Crippen LogP contribution in [0.5, 0.6) is 0 Å². The Hall–Kier alpha value is -2.12. The second kappa shape index (κ2) is 8.45. The lowest BCUT2D eigenvalue weighted by Crippen LogP contribution is -2.50. The normalized spacial score (nSPS) is 37.7. The largest absolute Gasteiger partial charge is 0.462 e. The van der Waals surface area contributed by atoms with Crippen molar-refractivity contribution in [3.63, 3.8) is 0 Å². The van der Waals surface area contributed by atoms with Crippen LogP contribution in [0.4, 0.5) is 5.82 Å². The molecule has 0 radical (unpaired) electrons. The smallest absolute Gasteiger partial charge is 0.345 e. The number of nitrogens with two attached hydrogens (primary N) is 1. The number of hydrogen-bond donors (Lipinski definition) is 3. The number of H-pyrrole nitrogens is 1. The van der Waals surface area contributed by atoms with Gasteiger partial charge in [0, 0.05) is 0 Å². The maximum Gasteiger partial charge on any atom is 0.345 e. The van der Waals surface area contributed by atoms with E-state index in [1.165, 1.54) is 29.8 Å². The van der Waals surface area contributed by atoms with E-state index in [0.717, 1.165) is 48.9 Å². The molecule has 4 aliphatic carbocycles. The van der Waals surface area contributed by atoms with Gasteiger partial charge in [-0.25, -0.2) is 4.79 Å². The van der Waals surface area contributed by atoms with E-state index in [4.69, 9.17) is 10.5 Å². The fourth-order valence-corrected chi connectivity index (χ4v) is 9.97. The highest BCUT2D eigenvalue weighted by atomic mass is 32.1. The summed E-state index contributed by atoms with van der Waals surface area (Å²) in [4.78, 5) is 30.0. The number of nitrogen functional groups attached to an aromatic ring is 1. The van der Waals surface area contributed by atoms with Gasteiger partial charge in [-0.15, -0.1) is 11.3 Å². The monoisotopic (exact) mass is 510 g/mol. The van der Waals surface area contributed by atoms with Crippen molar-refractivity contribution in [2.45, 2.75) is 84.2 Å². The van der Waals surface area contributed by atoms with Crippen LogP contribution in [0.2, 0.25) is 0 Å². The molecule has 6 rings (SSSR count). The molecule has 4 aliphatic rings. The lowest BCUT2D eigenvalue weighted by Gasteiger charge is -2.58. The minimum absolute atomic E-state index is 0.0650. The summed E-state index contributed by atoms with van der Waals surface area (Å²) < 4.78 is 5.15. The molecule has 0 aromatic carbocycles. The molecule has 3 saturated carbocycles. The highest BCUT2D eigenvalue weighted by Gasteiger charge is 2.59. The van der Waals surface area contributed by atoms with E-state index in [2.05, 4.69) is 30.3 Å². The Morgan fingerprint density at radius 3 is 2.81 bits per heavy atom. The first-order valence-electron chi connectivity index (χ1n) is 13.7. The number of aliphatic hydroxyl groups excluding tert-OH is 1. The van der Waals surface area contributed by atoms with Gasteiger partial charge in [-0.3, -0.25) is 4.79 Å². The number of thiophene rings is 1. The van der Waals surface area contributed by atoms with Gasteiger partial charge < -0.3 is 20.6 Å². The predicted molar refractivity (Wildman–Crippen MR) is 143 cm³/mol. The third kappa shape index (κ3) is 3.31. The minimum Gasteiger partial charge on any atom is -0.462 e. The van der Waals surface area contributed by atoms with E-state index in [-0.39, 0.29) is 40.4 Å². The zero-order valence-corrected chi connectivity index (χ0v) is 22.4. The summed E-state index contributed by atoms with van der Waals surface area (Å²) in [6.45, 7) is 6.85. The van der Waals surface area contributed by atoms with Gasteiger partial charge >= 0.3 is 5.97 Å². The number of aromatic nitrogens is 1. The summed E-state index contributed by atoms with van der Waals surface area (Å²) in [5, 5.41) is 13.1. The van der Waals surface area contributed by atoms with E-state index in [1.807, 2.05) is 0 Å². The third-order valence-corrected chi connectivity index (χ3v) is 11.6. The second-order valence-electron chi connectivity index (χ2n) is 12.2.